The van der Waals surface area contributed by atoms with Crippen LogP contribution < -0.4 is 11.1 Å². The molecule has 1 aromatic heterocycles. The first kappa shape index (κ1) is 8.38. The summed E-state index contributed by atoms with van der Waals surface area (Å²) in [5.41, 5.74) is 4.84. The van der Waals surface area contributed by atoms with Crippen molar-refractivity contribution in [3.63, 3.8) is 0 Å². The van der Waals surface area contributed by atoms with Crippen molar-refractivity contribution in [1.82, 2.24) is 9.97 Å². The molecule has 12 heavy (non-hydrogen) atoms. The van der Waals surface area contributed by atoms with E-state index in [-0.39, 0.29) is 12.4 Å². The van der Waals surface area contributed by atoms with E-state index in [9.17, 15) is 9.18 Å². The molecule has 6 heteroatoms. The maximum Gasteiger partial charge on any atom is 0.236 e. The summed E-state index contributed by atoms with van der Waals surface area (Å²) in [6.45, 7) is -0.0730. The molecule has 1 aromatic rings. The molecule has 0 atom stereocenters. The number of amides is 1. The highest BCUT2D eigenvalue weighted by Crippen LogP contribution is 2.00. The van der Waals surface area contributed by atoms with Gasteiger partial charge >= 0.3 is 0 Å². The van der Waals surface area contributed by atoms with E-state index in [1.165, 1.54) is 0 Å². The molecule has 0 bridgehead atoms. The van der Waals surface area contributed by atoms with Gasteiger partial charge in [0, 0.05) is 6.07 Å². The lowest BCUT2D eigenvalue weighted by atomic mass is 10.5. The second-order valence-corrected chi connectivity index (χ2v) is 2.05. The quantitative estimate of drug-likeness (QED) is 0.600. The summed E-state index contributed by atoms with van der Waals surface area (Å²) >= 11 is 0. The van der Waals surface area contributed by atoms with Crippen LogP contribution in [0.5, 0.6) is 0 Å². The van der Waals surface area contributed by atoms with Crippen LogP contribution in [0.4, 0.5) is 10.2 Å². The van der Waals surface area contributed by atoms with Crippen LogP contribution in [0.1, 0.15) is 0 Å². The number of primary amides is 1. The number of nitrogens with zero attached hydrogens (tertiary/aromatic N) is 2. The highest BCUT2D eigenvalue weighted by Gasteiger charge is 1.97. The third-order valence-electron chi connectivity index (χ3n) is 1.08. The number of carbonyl (C=O) groups excluding carboxylic acids is 1. The zero-order valence-corrected chi connectivity index (χ0v) is 6.12. The highest BCUT2D eigenvalue weighted by atomic mass is 19.1. The third kappa shape index (κ3) is 2.49. The van der Waals surface area contributed by atoms with E-state index in [4.69, 9.17) is 5.73 Å². The SMILES string of the molecule is NC(=O)CNc1cc(F)ncn1. The lowest BCUT2D eigenvalue weighted by molar-refractivity contribution is -0.116. The second-order valence-electron chi connectivity index (χ2n) is 2.05. The highest BCUT2D eigenvalue weighted by molar-refractivity contribution is 5.78. The first-order valence-corrected chi connectivity index (χ1v) is 3.18. The zero-order valence-electron chi connectivity index (χ0n) is 6.12. The Hall–Kier alpha value is -1.72. The van der Waals surface area contributed by atoms with Crippen molar-refractivity contribution >= 4 is 11.7 Å². The lowest BCUT2D eigenvalue weighted by Gasteiger charge is -2.00. The summed E-state index contributed by atoms with van der Waals surface area (Å²) in [6, 6.07) is 1.07. The first-order chi connectivity index (χ1) is 5.68. The standard InChI is InChI=1S/C6H7FN4O/c7-4-1-6(11-3-10-4)9-2-5(8)12/h1,3H,2H2,(H2,8,12)(H,9,10,11). The molecule has 5 nitrogen and oxygen atoms in total. The summed E-state index contributed by atoms with van der Waals surface area (Å²) in [7, 11) is 0. The molecule has 0 radical (unpaired) electrons. The average molecular weight is 170 g/mol. The van der Waals surface area contributed by atoms with Crippen molar-refractivity contribution in [2.45, 2.75) is 0 Å². The minimum Gasteiger partial charge on any atom is -0.368 e. The molecule has 1 amide bonds. The summed E-state index contributed by atoms with van der Waals surface area (Å²) < 4.78 is 12.4. The normalized spacial score (nSPS) is 9.42. The maximum absolute atomic E-state index is 12.4. The number of nitrogens with two attached hydrogens (primary N) is 1. The number of hydrogen-bond acceptors (Lipinski definition) is 4. The Morgan fingerprint density at radius 3 is 3.00 bits per heavy atom. The lowest BCUT2D eigenvalue weighted by Crippen LogP contribution is -2.22. The number of halogens is 1. The van der Waals surface area contributed by atoms with Crippen molar-refractivity contribution in [3.05, 3.63) is 18.3 Å². The fourth-order valence-electron chi connectivity index (χ4n) is 0.608. The molecule has 0 unspecified atom stereocenters. The Morgan fingerprint density at radius 1 is 1.67 bits per heavy atom. The molecule has 1 rings (SSSR count). The minimum absolute atomic E-state index is 0.0730. The summed E-state index contributed by atoms with van der Waals surface area (Å²) in [4.78, 5) is 17.2. The number of nitrogens with one attached hydrogen (secondary N) is 1. The largest absolute Gasteiger partial charge is 0.368 e. The Kier molecular flexibility index (Phi) is 2.52. The van der Waals surface area contributed by atoms with Gasteiger partial charge in [-0.2, -0.15) is 4.39 Å². The van der Waals surface area contributed by atoms with Crippen LogP contribution in [0.25, 0.3) is 0 Å². The van der Waals surface area contributed by atoms with Gasteiger partial charge in [0.2, 0.25) is 11.9 Å². The molecule has 0 saturated carbocycles. The van der Waals surface area contributed by atoms with E-state index in [1.807, 2.05) is 0 Å². The monoisotopic (exact) mass is 170 g/mol. The molecule has 0 spiro atoms. The Balaban J connectivity index is 2.57. The zero-order chi connectivity index (χ0) is 8.97. The maximum atomic E-state index is 12.4. The molecule has 3 N–H and O–H groups in total. The van der Waals surface area contributed by atoms with E-state index in [2.05, 4.69) is 15.3 Å². The van der Waals surface area contributed by atoms with Crippen molar-refractivity contribution in [3.8, 4) is 0 Å². The molecular weight excluding hydrogens is 163 g/mol. The fraction of sp³-hybridized carbons (Fsp3) is 0.167. The van der Waals surface area contributed by atoms with E-state index < -0.39 is 11.9 Å². The van der Waals surface area contributed by atoms with Crippen molar-refractivity contribution in [1.29, 1.82) is 0 Å². The number of carbonyl (C=O) groups is 1. The van der Waals surface area contributed by atoms with Crippen molar-refractivity contribution < 1.29 is 9.18 Å². The van der Waals surface area contributed by atoms with Gasteiger partial charge < -0.3 is 11.1 Å². The smallest absolute Gasteiger partial charge is 0.236 e. The van der Waals surface area contributed by atoms with Crippen LogP contribution in [0, 0.1) is 5.95 Å². The first-order valence-electron chi connectivity index (χ1n) is 3.18. The van der Waals surface area contributed by atoms with Gasteiger partial charge in [-0.05, 0) is 0 Å². The minimum atomic E-state index is -0.656. The van der Waals surface area contributed by atoms with Crippen LogP contribution in [-0.4, -0.2) is 22.4 Å². The van der Waals surface area contributed by atoms with E-state index in [1.54, 1.807) is 0 Å². The molecular formula is C6H7FN4O. The topological polar surface area (TPSA) is 80.9 Å². The van der Waals surface area contributed by atoms with Gasteiger partial charge in [-0.25, -0.2) is 9.97 Å². The molecule has 0 fully saturated rings. The summed E-state index contributed by atoms with van der Waals surface area (Å²) in [5, 5.41) is 2.52. The van der Waals surface area contributed by atoms with Gasteiger partial charge in [0.15, 0.2) is 0 Å². The summed E-state index contributed by atoms with van der Waals surface area (Å²) in [5.74, 6) is -0.952. The molecule has 1 heterocycles. The number of hydrogen-bond donors (Lipinski definition) is 2. The summed E-state index contributed by atoms with van der Waals surface area (Å²) in [6.07, 6.45) is 1.05. The van der Waals surface area contributed by atoms with E-state index in [0.29, 0.717) is 0 Å². The number of rotatable bonds is 3. The van der Waals surface area contributed by atoms with Gasteiger partial charge in [0.1, 0.15) is 12.1 Å². The van der Waals surface area contributed by atoms with Crippen LogP contribution >= 0.6 is 0 Å². The van der Waals surface area contributed by atoms with Crippen LogP contribution in [0.3, 0.4) is 0 Å². The Bertz CT molecular complexity index is 291. The Labute approximate surface area is 67.8 Å². The van der Waals surface area contributed by atoms with Gasteiger partial charge in [-0.1, -0.05) is 0 Å². The molecule has 0 saturated heterocycles. The molecule has 0 aliphatic rings. The van der Waals surface area contributed by atoms with Crippen LogP contribution in [-0.2, 0) is 4.79 Å². The van der Waals surface area contributed by atoms with Crippen molar-refractivity contribution in [2.75, 3.05) is 11.9 Å². The predicted molar refractivity (Wildman–Crippen MR) is 39.7 cm³/mol. The van der Waals surface area contributed by atoms with Crippen molar-refractivity contribution in [2.24, 2.45) is 5.73 Å². The number of anilines is 1. The molecule has 0 aromatic carbocycles. The van der Waals surface area contributed by atoms with Crippen LogP contribution in [0.15, 0.2) is 12.4 Å². The Morgan fingerprint density at radius 2 is 2.42 bits per heavy atom. The fourth-order valence-corrected chi connectivity index (χ4v) is 0.608. The second kappa shape index (κ2) is 3.61. The van der Waals surface area contributed by atoms with Gasteiger partial charge in [0.05, 0.1) is 6.54 Å². The van der Waals surface area contributed by atoms with Gasteiger partial charge in [-0.3, -0.25) is 4.79 Å². The van der Waals surface area contributed by atoms with E-state index in [0.717, 1.165) is 12.4 Å². The molecule has 0 aliphatic carbocycles. The average Bonchev–Trinajstić information content (AvgIpc) is 2.01. The van der Waals surface area contributed by atoms with Gasteiger partial charge in [0.25, 0.3) is 0 Å². The van der Waals surface area contributed by atoms with Gasteiger partial charge in [-0.15, -0.1) is 0 Å². The molecule has 64 valence electrons. The van der Waals surface area contributed by atoms with Crippen LogP contribution in [0.2, 0.25) is 0 Å². The predicted octanol–water partition coefficient (Wildman–Crippen LogP) is -0.487. The molecule has 0 aliphatic heterocycles. The number of aromatic nitrogens is 2. The third-order valence-corrected chi connectivity index (χ3v) is 1.08. The van der Waals surface area contributed by atoms with E-state index >= 15 is 0 Å².